The van der Waals surface area contributed by atoms with Crippen LogP contribution in [0.15, 0.2) is 49.8 Å². The normalized spacial score (nSPS) is 11.0. The maximum atomic E-state index is 14.3. The van der Waals surface area contributed by atoms with Crippen LogP contribution in [0.4, 0.5) is 4.39 Å². The lowest BCUT2D eigenvalue weighted by Crippen LogP contribution is -2.38. The zero-order valence-corrected chi connectivity index (χ0v) is 12.0. The fourth-order valence-electron chi connectivity index (χ4n) is 2.18. The van der Waals surface area contributed by atoms with Crippen molar-refractivity contribution in [3.05, 3.63) is 68.2 Å². The number of fused-ring (bicyclic) bond motifs is 1. The number of rotatable bonds is 3. The highest BCUT2D eigenvalue weighted by molar-refractivity contribution is 5.76. The minimum absolute atomic E-state index is 0.0379. The number of nitrogens with zero attached hydrogens (tertiary/aromatic N) is 4. The van der Waals surface area contributed by atoms with Crippen molar-refractivity contribution >= 4 is 11.1 Å². The molecule has 0 saturated carbocycles. The van der Waals surface area contributed by atoms with Crippen LogP contribution in [0.25, 0.3) is 16.8 Å². The molecule has 0 N–H and O–H groups in total. The average Bonchev–Trinajstić information content (AvgIpc) is 2.80. The Balaban J connectivity index is 2.37. The van der Waals surface area contributed by atoms with E-state index in [4.69, 9.17) is 4.42 Å². The smallest absolute Gasteiger partial charge is 0.408 e. The highest BCUT2D eigenvalue weighted by atomic mass is 19.1. The van der Waals surface area contributed by atoms with Gasteiger partial charge in [-0.1, -0.05) is 6.08 Å². The van der Waals surface area contributed by atoms with Crippen molar-refractivity contribution in [2.45, 2.75) is 6.54 Å². The molecule has 0 aliphatic rings. The number of allylic oxidation sites excluding steroid dienone is 1. The van der Waals surface area contributed by atoms with Gasteiger partial charge in [-0.2, -0.15) is 9.78 Å². The van der Waals surface area contributed by atoms with E-state index in [1.54, 1.807) is 0 Å². The molecule has 3 rings (SSSR count). The van der Waals surface area contributed by atoms with Crippen molar-refractivity contribution in [2.24, 2.45) is 7.05 Å². The van der Waals surface area contributed by atoms with Gasteiger partial charge in [0.05, 0.1) is 5.52 Å². The monoisotopic (exact) mass is 318 g/mol. The molecule has 0 aliphatic carbocycles. The Morgan fingerprint density at radius 1 is 1.35 bits per heavy atom. The van der Waals surface area contributed by atoms with Gasteiger partial charge >= 0.3 is 11.4 Å². The van der Waals surface area contributed by atoms with Gasteiger partial charge in [0.2, 0.25) is 0 Å². The Hall–Kier alpha value is -3.23. The second-order valence-corrected chi connectivity index (χ2v) is 4.77. The summed E-state index contributed by atoms with van der Waals surface area (Å²) in [7, 11) is 1.25. The van der Waals surface area contributed by atoms with Crippen LogP contribution in [0.2, 0.25) is 0 Å². The summed E-state index contributed by atoms with van der Waals surface area (Å²) in [5.74, 6) is -1.48. The summed E-state index contributed by atoms with van der Waals surface area (Å²) >= 11 is 0. The van der Waals surface area contributed by atoms with E-state index in [0.717, 1.165) is 21.5 Å². The number of benzene rings is 1. The highest BCUT2D eigenvalue weighted by Gasteiger charge is 2.16. The summed E-state index contributed by atoms with van der Waals surface area (Å²) in [6.45, 7) is 3.70. The van der Waals surface area contributed by atoms with Gasteiger partial charge in [0.1, 0.15) is 11.9 Å². The van der Waals surface area contributed by atoms with E-state index in [1.165, 1.54) is 23.8 Å². The number of oxazole rings is 1. The summed E-state index contributed by atoms with van der Waals surface area (Å²) in [6.07, 6.45) is 2.38. The van der Waals surface area contributed by atoms with Crippen molar-refractivity contribution in [1.82, 2.24) is 18.9 Å². The molecule has 9 heteroatoms. The number of aromatic nitrogens is 4. The molecule has 2 aromatic heterocycles. The summed E-state index contributed by atoms with van der Waals surface area (Å²) in [4.78, 5) is 35.2. The van der Waals surface area contributed by atoms with E-state index >= 15 is 0 Å². The molecule has 23 heavy (non-hydrogen) atoms. The van der Waals surface area contributed by atoms with Crippen LogP contribution in [-0.4, -0.2) is 18.9 Å². The van der Waals surface area contributed by atoms with Gasteiger partial charge in [-0.3, -0.25) is 13.9 Å². The molecule has 0 bridgehead atoms. The van der Waals surface area contributed by atoms with Crippen molar-refractivity contribution in [3.8, 4) is 5.69 Å². The number of hydrogen-bond donors (Lipinski definition) is 0. The van der Waals surface area contributed by atoms with Gasteiger partial charge in [0.25, 0.3) is 5.56 Å². The Labute approximate surface area is 127 Å². The fourth-order valence-corrected chi connectivity index (χ4v) is 2.18. The SMILES string of the molecule is C=CCn1c(=O)oc2cc(F)c(-n3ncc(=O)n(C)c3=O)cc21. The second-order valence-electron chi connectivity index (χ2n) is 4.77. The molecule has 0 amide bonds. The quantitative estimate of drug-likeness (QED) is 0.642. The lowest BCUT2D eigenvalue weighted by molar-refractivity contribution is 0.517. The molecule has 0 aliphatic heterocycles. The van der Waals surface area contributed by atoms with Crippen LogP contribution in [0.5, 0.6) is 0 Å². The summed E-state index contributed by atoms with van der Waals surface area (Å²) < 4.78 is 22.0. The van der Waals surface area contributed by atoms with Crippen molar-refractivity contribution in [1.29, 1.82) is 0 Å². The van der Waals surface area contributed by atoms with E-state index in [1.807, 2.05) is 0 Å². The van der Waals surface area contributed by atoms with Gasteiger partial charge in [0.15, 0.2) is 11.4 Å². The van der Waals surface area contributed by atoms with Gasteiger partial charge in [-0.15, -0.1) is 6.58 Å². The van der Waals surface area contributed by atoms with E-state index in [2.05, 4.69) is 11.7 Å². The van der Waals surface area contributed by atoms with Gasteiger partial charge in [0, 0.05) is 19.7 Å². The third-order valence-electron chi connectivity index (χ3n) is 3.36. The topological polar surface area (TPSA) is 92.0 Å². The van der Waals surface area contributed by atoms with Gasteiger partial charge in [-0.25, -0.2) is 14.0 Å². The molecule has 8 nitrogen and oxygen atoms in total. The maximum Gasteiger partial charge on any atom is 0.420 e. The largest absolute Gasteiger partial charge is 0.420 e. The van der Waals surface area contributed by atoms with Crippen LogP contribution in [0, 0.1) is 5.82 Å². The molecular weight excluding hydrogens is 307 g/mol. The molecule has 0 spiro atoms. The predicted octanol–water partition coefficient (Wildman–Crippen LogP) is 0.164. The summed E-state index contributed by atoms with van der Waals surface area (Å²) in [5.41, 5.74) is -1.29. The lowest BCUT2D eigenvalue weighted by Gasteiger charge is -2.07. The Morgan fingerprint density at radius 2 is 2.09 bits per heavy atom. The molecule has 0 saturated heterocycles. The lowest BCUT2D eigenvalue weighted by atomic mass is 10.2. The second kappa shape index (κ2) is 5.20. The number of hydrogen-bond acceptors (Lipinski definition) is 5. The first kappa shape index (κ1) is 14.7. The Morgan fingerprint density at radius 3 is 2.78 bits per heavy atom. The first-order valence-electron chi connectivity index (χ1n) is 6.53. The third kappa shape index (κ3) is 2.22. The van der Waals surface area contributed by atoms with Crippen molar-refractivity contribution < 1.29 is 8.81 Å². The molecule has 2 heterocycles. The first-order chi connectivity index (χ1) is 10.9. The molecule has 118 valence electrons. The average molecular weight is 318 g/mol. The molecule has 3 aromatic rings. The molecule has 0 radical (unpaired) electrons. The molecule has 0 fully saturated rings. The Kier molecular flexibility index (Phi) is 3.32. The third-order valence-corrected chi connectivity index (χ3v) is 3.36. The molecule has 0 unspecified atom stereocenters. The standard InChI is InChI=1S/C14H11FN4O4/c1-3-4-18-10-6-9(8(15)5-11(10)23-14(18)22)19-13(21)17(2)12(20)7-16-19/h3,5-7H,1,4H2,2H3. The minimum atomic E-state index is -0.815. The number of halogens is 1. The molecule has 0 atom stereocenters. The van der Waals surface area contributed by atoms with Crippen LogP contribution in [0.3, 0.4) is 0 Å². The minimum Gasteiger partial charge on any atom is -0.408 e. The van der Waals surface area contributed by atoms with Gasteiger partial charge in [-0.05, 0) is 6.07 Å². The van der Waals surface area contributed by atoms with Crippen LogP contribution in [0.1, 0.15) is 0 Å². The first-order valence-corrected chi connectivity index (χ1v) is 6.53. The maximum absolute atomic E-state index is 14.3. The fraction of sp³-hybridized carbons (Fsp3) is 0.143. The van der Waals surface area contributed by atoms with E-state index in [9.17, 15) is 18.8 Å². The van der Waals surface area contributed by atoms with Crippen molar-refractivity contribution in [2.75, 3.05) is 0 Å². The van der Waals surface area contributed by atoms with Crippen LogP contribution < -0.4 is 17.0 Å². The predicted molar refractivity (Wildman–Crippen MR) is 79.3 cm³/mol. The van der Waals surface area contributed by atoms with Gasteiger partial charge < -0.3 is 4.42 Å². The van der Waals surface area contributed by atoms with E-state index in [-0.39, 0.29) is 23.3 Å². The molecule has 1 aromatic carbocycles. The summed E-state index contributed by atoms with van der Waals surface area (Å²) in [5, 5.41) is 3.65. The van der Waals surface area contributed by atoms with Crippen LogP contribution in [-0.2, 0) is 13.6 Å². The zero-order chi connectivity index (χ0) is 16.7. The van der Waals surface area contributed by atoms with Crippen molar-refractivity contribution in [3.63, 3.8) is 0 Å². The Bertz CT molecular complexity index is 1100. The highest BCUT2D eigenvalue weighted by Crippen LogP contribution is 2.20. The van der Waals surface area contributed by atoms with E-state index < -0.39 is 22.8 Å². The van der Waals surface area contributed by atoms with Crippen LogP contribution >= 0.6 is 0 Å². The zero-order valence-electron chi connectivity index (χ0n) is 12.0. The van der Waals surface area contributed by atoms with E-state index in [0.29, 0.717) is 0 Å². The molecular formula is C14H11FN4O4. The summed E-state index contributed by atoms with van der Waals surface area (Å²) in [6, 6.07) is 2.25.